The molecular weight excluding hydrogens is 332 g/mol. The summed E-state index contributed by atoms with van der Waals surface area (Å²) in [4.78, 5) is 30.9. The van der Waals surface area contributed by atoms with Crippen LogP contribution in [0.4, 0.5) is 0 Å². The molecule has 1 saturated heterocycles. The normalized spacial score (nSPS) is 26.7. The van der Waals surface area contributed by atoms with Crippen LogP contribution in [-0.4, -0.2) is 48.2 Å². The van der Waals surface area contributed by atoms with Crippen LogP contribution in [0.25, 0.3) is 0 Å². The Morgan fingerprint density at radius 3 is 2.52 bits per heavy atom. The Morgan fingerprint density at radius 1 is 1.08 bits per heavy atom. The number of hydrogen-bond acceptors (Lipinski definition) is 4. The number of ketones is 1. The zero-order valence-corrected chi connectivity index (χ0v) is 15.9. The van der Waals surface area contributed by atoms with E-state index in [0.29, 0.717) is 30.4 Å². The lowest BCUT2D eigenvalue weighted by Gasteiger charge is -2.44. The van der Waals surface area contributed by atoms with Gasteiger partial charge in [0.25, 0.3) is 0 Å². The topological polar surface area (TPSA) is 40.6 Å². The summed E-state index contributed by atoms with van der Waals surface area (Å²) < 4.78 is 0. The van der Waals surface area contributed by atoms with E-state index in [-0.39, 0.29) is 12.0 Å². The molecule has 0 aromatic carbocycles. The van der Waals surface area contributed by atoms with Gasteiger partial charge in [-0.1, -0.05) is 0 Å². The summed E-state index contributed by atoms with van der Waals surface area (Å²) in [7, 11) is 2.19. The van der Waals surface area contributed by atoms with E-state index in [9.17, 15) is 9.59 Å². The molecule has 0 N–H and O–H groups in total. The van der Waals surface area contributed by atoms with Crippen molar-refractivity contribution in [2.75, 3.05) is 26.7 Å². The number of thiophene rings is 1. The van der Waals surface area contributed by atoms with Crippen LogP contribution in [0.5, 0.6) is 0 Å². The van der Waals surface area contributed by atoms with Crippen LogP contribution in [0.15, 0.2) is 11.4 Å². The fraction of sp³-hybridized carbons (Fsp3) is 0.700. The van der Waals surface area contributed by atoms with Gasteiger partial charge in [-0.05, 0) is 75.2 Å². The van der Waals surface area contributed by atoms with Crippen LogP contribution in [0.3, 0.4) is 0 Å². The van der Waals surface area contributed by atoms with Gasteiger partial charge in [-0.25, -0.2) is 0 Å². The van der Waals surface area contributed by atoms with Gasteiger partial charge in [0.1, 0.15) is 5.78 Å². The standard InChI is InChI=1S/C20H28N2O2S/c1-21-10-6-14(7-11-21)18-19-15(9-13-25-19)8-12-22(18)20(24)16-2-4-17(23)5-3-16/h9,13-14,16,18H,2-8,10-12H2,1H3. The number of nitrogens with zero attached hydrogens (tertiary/aromatic N) is 2. The van der Waals surface area contributed by atoms with E-state index in [1.807, 2.05) is 11.3 Å². The first-order chi connectivity index (χ1) is 12.1. The Bertz CT molecular complexity index is 638. The summed E-state index contributed by atoms with van der Waals surface area (Å²) >= 11 is 1.83. The molecule has 0 spiro atoms. The van der Waals surface area contributed by atoms with Crippen molar-refractivity contribution in [2.24, 2.45) is 11.8 Å². The van der Waals surface area contributed by atoms with Crippen molar-refractivity contribution in [3.63, 3.8) is 0 Å². The fourth-order valence-corrected chi connectivity index (χ4v) is 5.98. The number of amides is 1. The van der Waals surface area contributed by atoms with Crippen molar-refractivity contribution in [3.05, 3.63) is 21.9 Å². The van der Waals surface area contributed by atoms with Gasteiger partial charge in [0.05, 0.1) is 6.04 Å². The van der Waals surface area contributed by atoms with E-state index in [0.717, 1.165) is 38.9 Å². The van der Waals surface area contributed by atoms with Crippen molar-refractivity contribution < 1.29 is 9.59 Å². The second-order valence-corrected chi connectivity index (χ2v) is 8.94. The highest BCUT2D eigenvalue weighted by molar-refractivity contribution is 7.10. The van der Waals surface area contributed by atoms with Gasteiger partial charge in [-0.3, -0.25) is 9.59 Å². The van der Waals surface area contributed by atoms with E-state index < -0.39 is 0 Å². The smallest absolute Gasteiger partial charge is 0.226 e. The van der Waals surface area contributed by atoms with Gasteiger partial charge in [-0.15, -0.1) is 11.3 Å². The predicted octanol–water partition coefficient (Wildman–Crippen LogP) is 3.28. The van der Waals surface area contributed by atoms with Gasteiger partial charge in [0.15, 0.2) is 0 Å². The molecule has 1 unspecified atom stereocenters. The molecule has 1 amide bonds. The number of piperidine rings is 1. The molecule has 1 aromatic rings. The third-order valence-electron chi connectivity index (χ3n) is 6.39. The van der Waals surface area contributed by atoms with Crippen LogP contribution in [-0.2, 0) is 16.0 Å². The third-order valence-corrected chi connectivity index (χ3v) is 7.42. The Balaban J connectivity index is 1.57. The minimum absolute atomic E-state index is 0.0629. The summed E-state index contributed by atoms with van der Waals surface area (Å²) in [5, 5.41) is 2.19. The molecular formula is C20H28N2O2S. The number of likely N-dealkylation sites (tertiary alicyclic amines) is 1. The molecule has 136 valence electrons. The number of carbonyl (C=O) groups excluding carboxylic acids is 2. The first-order valence-corrected chi connectivity index (χ1v) is 10.6. The van der Waals surface area contributed by atoms with Crippen molar-refractivity contribution in [2.45, 2.75) is 51.0 Å². The second kappa shape index (κ2) is 7.20. The predicted molar refractivity (Wildman–Crippen MR) is 99.7 cm³/mol. The minimum atomic E-state index is 0.0629. The lowest BCUT2D eigenvalue weighted by atomic mass is 9.82. The molecule has 2 fully saturated rings. The Kier molecular flexibility index (Phi) is 4.96. The van der Waals surface area contributed by atoms with E-state index >= 15 is 0 Å². The molecule has 1 aromatic heterocycles. The summed E-state index contributed by atoms with van der Waals surface area (Å²) in [5.74, 6) is 1.28. The average molecular weight is 361 g/mol. The number of Topliss-reactive ketones (excluding diaryl/α,β-unsaturated/α-hetero) is 1. The molecule has 25 heavy (non-hydrogen) atoms. The third kappa shape index (κ3) is 3.41. The maximum atomic E-state index is 13.3. The van der Waals surface area contributed by atoms with Crippen LogP contribution in [0, 0.1) is 11.8 Å². The molecule has 3 aliphatic rings. The summed E-state index contributed by atoms with van der Waals surface area (Å²) in [6, 6.07) is 2.52. The zero-order valence-electron chi connectivity index (χ0n) is 15.1. The van der Waals surface area contributed by atoms with Gasteiger partial charge in [-0.2, -0.15) is 0 Å². The van der Waals surface area contributed by atoms with Crippen LogP contribution in [0.1, 0.15) is 55.0 Å². The highest BCUT2D eigenvalue weighted by Gasteiger charge is 2.40. The lowest BCUT2D eigenvalue weighted by Crippen LogP contribution is -2.47. The highest BCUT2D eigenvalue weighted by atomic mass is 32.1. The van der Waals surface area contributed by atoms with E-state index in [1.165, 1.54) is 23.3 Å². The summed E-state index contributed by atoms with van der Waals surface area (Å²) in [6.45, 7) is 3.10. The molecule has 4 nitrogen and oxygen atoms in total. The quantitative estimate of drug-likeness (QED) is 0.813. The van der Waals surface area contributed by atoms with Gasteiger partial charge >= 0.3 is 0 Å². The number of hydrogen-bond donors (Lipinski definition) is 0. The Hall–Kier alpha value is -1.20. The Labute approximate surface area is 154 Å². The average Bonchev–Trinajstić information content (AvgIpc) is 3.10. The summed E-state index contributed by atoms with van der Waals surface area (Å²) in [5.41, 5.74) is 1.46. The Morgan fingerprint density at radius 2 is 1.80 bits per heavy atom. The molecule has 1 saturated carbocycles. The van der Waals surface area contributed by atoms with E-state index in [1.54, 1.807) is 0 Å². The van der Waals surface area contributed by atoms with Crippen molar-refractivity contribution in [1.29, 1.82) is 0 Å². The van der Waals surface area contributed by atoms with Crippen LogP contribution >= 0.6 is 11.3 Å². The maximum Gasteiger partial charge on any atom is 0.226 e. The van der Waals surface area contributed by atoms with Gasteiger partial charge < -0.3 is 9.80 Å². The van der Waals surface area contributed by atoms with Crippen LogP contribution < -0.4 is 0 Å². The van der Waals surface area contributed by atoms with Crippen molar-refractivity contribution in [3.8, 4) is 0 Å². The molecule has 1 atom stereocenters. The number of fused-ring (bicyclic) bond motifs is 1. The van der Waals surface area contributed by atoms with Crippen molar-refractivity contribution >= 4 is 23.0 Å². The first-order valence-electron chi connectivity index (χ1n) is 9.70. The molecule has 4 rings (SSSR count). The van der Waals surface area contributed by atoms with Crippen LogP contribution in [0.2, 0.25) is 0 Å². The first kappa shape index (κ1) is 17.2. The molecule has 0 bridgehead atoms. The molecule has 3 heterocycles. The largest absolute Gasteiger partial charge is 0.334 e. The SMILES string of the molecule is CN1CCC(C2c3sccc3CCN2C(=O)C2CCC(=O)CC2)CC1. The maximum absolute atomic E-state index is 13.3. The zero-order chi connectivity index (χ0) is 17.4. The van der Waals surface area contributed by atoms with E-state index in [2.05, 4.69) is 28.3 Å². The monoisotopic (exact) mass is 360 g/mol. The molecule has 0 radical (unpaired) electrons. The molecule has 1 aliphatic carbocycles. The highest BCUT2D eigenvalue weighted by Crippen LogP contribution is 2.43. The fourth-order valence-electron chi connectivity index (χ4n) is 4.82. The summed E-state index contributed by atoms with van der Waals surface area (Å²) in [6.07, 6.45) is 6.02. The van der Waals surface area contributed by atoms with Crippen molar-refractivity contribution in [1.82, 2.24) is 9.80 Å². The molecule has 2 aliphatic heterocycles. The number of carbonyl (C=O) groups is 2. The number of rotatable bonds is 2. The second-order valence-electron chi connectivity index (χ2n) is 7.99. The molecule has 5 heteroatoms. The minimum Gasteiger partial charge on any atom is -0.334 e. The van der Waals surface area contributed by atoms with E-state index in [4.69, 9.17) is 0 Å². The van der Waals surface area contributed by atoms with Gasteiger partial charge in [0, 0.05) is 30.2 Å². The lowest BCUT2D eigenvalue weighted by molar-refractivity contribution is -0.142. The van der Waals surface area contributed by atoms with Gasteiger partial charge in [0.2, 0.25) is 5.91 Å².